The van der Waals surface area contributed by atoms with E-state index in [-0.39, 0.29) is 4.21 Å². The highest BCUT2D eigenvalue weighted by Crippen LogP contribution is 2.28. The molecule has 0 saturated heterocycles. The molecule has 0 aliphatic carbocycles. The molecule has 3 nitrogen and oxygen atoms in total. The van der Waals surface area contributed by atoms with Crippen molar-refractivity contribution in [3.05, 3.63) is 17.0 Å². The molecule has 1 aromatic rings. The Kier molecular flexibility index (Phi) is 3.73. The molecule has 1 unspecified atom stereocenters. The second-order valence-electron chi connectivity index (χ2n) is 2.69. The summed E-state index contributed by atoms with van der Waals surface area (Å²) < 4.78 is 31.1. The van der Waals surface area contributed by atoms with E-state index >= 15 is 0 Å². The molecular formula is C7H9IO3S2. The minimum Gasteiger partial charge on any atom is -0.281 e. The summed E-state index contributed by atoms with van der Waals surface area (Å²) in [5.41, 5.74) is 0. The number of rotatable bonds is 3. The van der Waals surface area contributed by atoms with Crippen LogP contribution < -0.4 is 0 Å². The lowest BCUT2D eigenvalue weighted by Crippen LogP contribution is -1.93. The minimum atomic E-state index is -4.01. The third-order valence-corrected chi connectivity index (χ3v) is 5.53. The van der Waals surface area contributed by atoms with E-state index in [1.807, 2.05) is 6.92 Å². The Morgan fingerprint density at radius 2 is 2.23 bits per heavy atom. The first-order valence-corrected chi connectivity index (χ1v) is 7.36. The van der Waals surface area contributed by atoms with Crippen LogP contribution >= 0.6 is 33.9 Å². The van der Waals surface area contributed by atoms with Crippen molar-refractivity contribution in [3.8, 4) is 0 Å². The van der Waals surface area contributed by atoms with Crippen molar-refractivity contribution in [2.45, 2.75) is 17.1 Å². The molecule has 1 heterocycles. The second kappa shape index (κ2) is 4.24. The Labute approximate surface area is 95.1 Å². The molecule has 0 spiro atoms. The van der Waals surface area contributed by atoms with Crippen LogP contribution in [0.4, 0.5) is 0 Å². The predicted molar refractivity (Wildman–Crippen MR) is 61.4 cm³/mol. The van der Waals surface area contributed by atoms with E-state index in [0.717, 1.165) is 20.6 Å². The zero-order chi connectivity index (χ0) is 10.1. The van der Waals surface area contributed by atoms with E-state index in [2.05, 4.69) is 22.6 Å². The van der Waals surface area contributed by atoms with Crippen LogP contribution in [-0.2, 0) is 10.1 Å². The first-order chi connectivity index (χ1) is 5.95. The largest absolute Gasteiger partial charge is 0.304 e. The maximum absolute atomic E-state index is 10.7. The van der Waals surface area contributed by atoms with E-state index in [9.17, 15) is 8.42 Å². The first-order valence-electron chi connectivity index (χ1n) is 3.58. The number of hydrogen-bond acceptors (Lipinski definition) is 3. The van der Waals surface area contributed by atoms with E-state index in [1.54, 1.807) is 6.07 Å². The van der Waals surface area contributed by atoms with E-state index in [1.165, 1.54) is 6.07 Å². The van der Waals surface area contributed by atoms with Crippen LogP contribution in [0.3, 0.4) is 0 Å². The molecule has 1 aromatic heterocycles. The van der Waals surface area contributed by atoms with Crippen LogP contribution in [0.1, 0.15) is 17.7 Å². The van der Waals surface area contributed by atoms with Gasteiger partial charge in [0, 0.05) is 9.30 Å². The molecule has 0 bridgehead atoms. The molecule has 74 valence electrons. The number of halogens is 1. The van der Waals surface area contributed by atoms with E-state index < -0.39 is 10.1 Å². The number of thiophene rings is 1. The van der Waals surface area contributed by atoms with Gasteiger partial charge in [0.15, 0.2) is 0 Å². The summed E-state index contributed by atoms with van der Waals surface area (Å²) in [6.07, 6.45) is 0. The monoisotopic (exact) mass is 332 g/mol. The number of alkyl halides is 1. The van der Waals surface area contributed by atoms with Crippen molar-refractivity contribution in [2.24, 2.45) is 0 Å². The standard InChI is InChI=1S/C7H9IO3S2/c1-5(4-8)6-2-3-7(12-6)13(9,10)11/h2-3,5H,4H2,1H3,(H,9,10,11). The molecule has 6 heteroatoms. The van der Waals surface area contributed by atoms with Gasteiger partial charge in [0.2, 0.25) is 0 Å². The van der Waals surface area contributed by atoms with Crippen molar-refractivity contribution in [2.75, 3.05) is 4.43 Å². The predicted octanol–water partition coefficient (Wildman–Crippen LogP) is 2.53. The third-order valence-electron chi connectivity index (χ3n) is 1.57. The lowest BCUT2D eigenvalue weighted by atomic mass is 10.2. The quantitative estimate of drug-likeness (QED) is 0.526. The highest BCUT2D eigenvalue weighted by Gasteiger charge is 2.14. The van der Waals surface area contributed by atoms with Gasteiger partial charge in [-0.2, -0.15) is 8.42 Å². The topological polar surface area (TPSA) is 54.4 Å². The van der Waals surface area contributed by atoms with Gasteiger partial charge in [0.25, 0.3) is 0 Å². The summed E-state index contributed by atoms with van der Waals surface area (Å²) in [6, 6.07) is 3.19. The Morgan fingerprint density at radius 3 is 2.62 bits per heavy atom. The Hall–Kier alpha value is 0.340. The van der Waals surface area contributed by atoms with Crippen molar-refractivity contribution in [1.29, 1.82) is 0 Å². The summed E-state index contributed by atoms with van der Waals surface area (Å²) in [5, 5.41) is 0. The summed E-state index contributed by atoms with van der Waals surface area (Å²) in [7, 11) is -4.01. The van der Waals surface area contributed by atoms with Crippen molar-refractivity contribution >= 4 is 44.0 Å². The fraction of sp³-hybridized carbons (Fsp3) is 0.429. The van der Waals surface area contributed by atoms with Crippen molar-refractivity contribution in [3.63, 3.8) is 0 Å². The molecule has 0 aliphatic heterocycles. The van der Waals surface area contributed by atoms with Gasteiger partial charge in [0.05, 0.1) is 0 Å². The fourth-order valence-corrected chi connectivity index (χ4v) is 3.33. The lowest BCUT2D eigenvalue weighted by molar-refractivity contribution is 0.485. The van der Waals surface area contributed by atoms with Crippen LogP contribution in [-0.4, -0.2) is 17.4 Å². The molecule has 0 radical (unpaired) electrons. The molecule has 13 heavy (non-hydrogen) atoms. The van der Waals surface area contributed by atoms with Crippen molar-refractivity contribution in [1.82, 2.24) is 0 Å². The molecule has 0 aromatic carbocycles. The summed E-state index contributed by atoms with van der Waals surface area (Å²) in [4.78, 5) is 0.988. The second-order valence-corrected chi connectivity index (χ2v) is 6.33. The fourth-order valence-electron chi connectivity index (χ4n) is 0.814. The van der Waals surface area contributed by atoms with Gasteiger partial charge in [-0.25, -0.2) is 0 Å². The molecule has 1 atom stereocenters. The van der Waals surface area contributed by atoms with Crippen LogP contribution in [0.5, 0.6) is 0 Å². The SMILES string of the molecule is CC(CI)c1ccc(S(=O)(=O)O)s1. The average molecular weight is 332 g/mol. The van der Waals surface area contributed by atoms with Crippen LogP contribution in [0.15, 0.2) is 16.3 Å². The van der Waals surface area contributed by atoms with Crippen molar-refractivity contribution < 1.29 is 13.0 Å². The minimum absolute atomic E-state index is 0.0270. The van der Waals surface area contributed by atoms with Crippen LogP contribution in [0.2, 0.25) is 0 Å². The van der Waals surface area contributed by atoms with Gasteiger partial charge < -0.3 is 0 Å². The lowest BCUT2D eigenvalue weighted by Gasteiger charge is -2.01. The van der Waals surface area contributed by atoms with E-state index in [0.29, 0.717) is 5.92 Å². The highest BCUT2D eigenvalue weighted by molar-refractivity contribution is 14.1. The Balaban J connectivity index is 3.00. The Bertz CT molecular complexity index is 382. The summed E-state index contributed by atoms with van der Waals surface area (Å²) in [6.45, 7) is 2.02. The van der Waals surface area contributed by atoms with Gasteiger partial charge in [-0.15, -0.1) is 11.3 Å². The summed E-state index contributed by atoms with van der Waals surface area (Å²) in [5.74, 6) is 0.334. The van der Waals surface area contributed by atoms with Gasteiger partial charge in [-0.1, -0.05) is 29.5 Å². The van der Waals surface area contributed by atoms with Crippen LogP contribution in [0, 0.1) is 0 Å². The molecule has 1 N–H and O–H groups in total. The molecule has 0 aliphatic rings. The van der Waals surface area contributed by atoms with Gasteiger partial charge in [-0.05, 0) is 18.1 Å². The third kappa shape index (κ3) is 2.90. The smallest absolute Gasteiger partial charge is 0.281 e. The highest BCUT2D eigenvalue weighted by atomic mass is 127. The Morgan fingerprint density at radius 1 is 1.62 bits per heavy atom. The molecule has 0 saturated carbocycles. The average Bonchev–Trinajstić information content (AvgIpc) is 2.50. The van der Waals surface area contributed by atoms with Gasteiger partial charge in [0.1, 0.15) is 4.21 Å². The van der Waals surface area contributed by atoms with Gasteiger partial charge >= 0.3 is 10.1 Å². The molecule has 1 rings (SSSR count). The van der Waals surface area contributed by atoms with Crippen LogP contribution in [0.25, 0.3) is 0 Å². The number of hydrogen-bond donors (Lipinski definition) is 1. The molecule has 0 fully saturated rings. The molecular weight excluding hydrogens is 323 g/mol. The summed E-state index contributed by atoms with van der Waals surface area (Å²) >= 11 is 3.37. The maximum Gasteiger partial charge on any atom is 0.304 e. The zero-order valence-corrected chi connectivity index (χ0v) is 10.7. The van der Waals surface area contributed by atoms with Gasteiger partial charge in [-0.3, -0.25) is 4.55 Å². The maximum atomic E-state index is 10.7. The zero-order valence-electron chi connectivity index (χ0n) is 6.90. The first kappa shape index (κ1) is 11.4. The molecule has 0 amide bonds. The van der Waals surface area contributed by atoms with E-state index in [4.69, 9.17) is 4.55 Å². The normalized spacial score (nSPS) is 14.4.